The number of rotatable bonds is 11. The second-order valence-electron chi connectivity index (χ2n) is 9.59. The third-order valence-corrected chi connectivity index (χ3v) is 6.40. The van der Waals surface area contributed by atoms with Crippen molar-refractivity contribution in [3.63, 3.8) is 0 Å². The number of aryl methyl sites for hydroxylation is 1. The van der Waals surface area contributed by atoms with E-state index in [-0.39, 0.29) is 6.42 Å². The Morgan fingerprint density at radius 3 is 2.45 bits per heavy atom. The number of hydrogen-bond acceptors (Lipinski definition) is 6. The fourth-order valence-corrected chi connectivity index (χ4v) is 4.22. The molecule has 1 saturated heterocycles. The third-order valence-electron chi connectivity index (χ3n) is 6.40. The number of pyridine rings is 2. The molecule has 0 saturated carbocycles. The fourth-order valence-electron chi connectivity index (χ4n) is 4.22. The predicted molar refractivity (Wildman–Crippen MR) is 130 cm³/mol. The largest absolute Gasteiger partial charge is 0.492 e. The van der Waals surface area contributed by atoms with E-state index in [9.17, 15) is 9.90 Å². The molecule has 2 aromatic rings. The first-order chi connectivity index (χ1) is 15.8. The van der Waals surface area contributed by atoms with E-state index in [4.69, 9.17) is 9.47 Å². The number of anilines is 1. The van der Waals surface area contributed by atoms with Gasteiger partial charge < -0.3 is 19.5 Å². The van der Waals surface area contributed by atoms with Crippen LogP contribution in [0.1, 0.15) is 57.2 Å². The molecule has 1 aliphatic rings. The smallest absolute Gasteiger partial charge is 0.307 e. The highest BCUT2D eigenvalue weighted by Gasteiger charge is 2.29. The van der Waals surface area contributed by atoms with Crippen molar-refractivity contribution in [3.8, 4) is 17.0 Å². The lowest BCUT2D eigenvalue weighted by Crippen LogP contribution is -2.38. The molecule has 7 heteroatoms. The van der Waals surface area contributed by atoms with Crippen LogP contribution in [0.4, 0.5) is 5.69 Å². The van der Waals surface area contributed by atoms with Gasteiger partial charge in [0.2, 0.25) is 0 Å². The molecule has 1 aliphatic heterocycles. The van der Waals surface area contributed by atoms with Gasteiger partial charge in [0, 0.05) is 49.8 Å². The minimum absolute atomic E-state index is 0.0494. The van der Waals surface area contributed by atoms with E-state index in [0.29, 0.717) is 12.0 Å². The first-order valence-electron chi connectivity index (χ1n) is 11.8. The van der Waals surface area contributed by atoms with Gasteiger partial charge in [-0.25, -0.2) is 0 Å². The molecule has 1 N–H and O–H groups in total. The molecule has 0 spiro atoms. The Labute approximate surface area is 197 Å². The summed E-state index contributed by atoms with van der Waals surface area (Å²) in [5.74, 6) is -0.115. The molecule has 0 amide bonds. The number of methoxy groups -OCH3 is 1. The van der Waals surface area contributed by atoms with Gasteiger partial charge in [0.05, 0.1) is 30.6 Å². The van der Waals surface area contributed by atoms with Gasteiger partial charge in [0.1, 0.15) is 5.75 Å². The number of carboxylic acids is 1. The molecule has 0 unspecified atom stereocenters. The summed E-state index contributed by atoms with van der Waals surface area (Å²) in [5, 5.41) is 9.56. The van der Waals surface area contributed by atoms with Crippen LogP contribution >= 0.6 is 0 Å². The number of hydrogen-bond donors (Lipinski definition) is 1. The lowest BCUT2D eigenvalue weighted by atomic mass is 9.82. The molecular weight excluding hydrogens is 418 g/mol. The molecule has 0 atom stereocenters. The minimum Gasteiger partial charge on any atom is -0.492 e. The molecule has 180 valence electrons. The molecule has 1 fully saturated rings. The molecule has 3 rings (SSSR count). The molecular formula is C26H37N3O4. The molecule has 33 heavy (non-hydrogen) atoms. The van der Waals surface area contributed by atoms with Gasteiger partial charge in [-0.2, -0.15) is 0 Å². The van der Waals surface area contributed by atoms with Gasteiger partial charge in [-0.3, -0.25) is 14.8 Å². The van der Waals surface area contributed by atoms with Crippen LogP contribution in [0.3, 0.4) is 0 Å². The normalized spacial score (nSPS) is 15.5. The standard InChI is InChI=1S/C26H37N3O4/c1-19-21(16-24(30)31)25(29-12-10-26(2,3)11-13-29)22(18-27-19)23-9-8-20(17-28-23)33-15-7-5-6-14-32-4/h8-9,17-18H,5-7,10-16H2,1-4H3,(H,30,31). The van der Waals surface area contributed by atoms with Crippen molar-refractivity contribution in [3.05, 3.63) is 35.8 Å². The maximum atomic E-state index is 11.6. The average molecular weight is 456 g/mol. The lowest BCUT2D eigenvalue weighted by molar-refractivity contribution is -0.136. The predicted octanol–water partition coefficient (Wildman–Crippen LogP) is 4.90. The van der Waals surface area contributed by atoms with E-state index in [1.165, 1.54) is 0 Å². The fraction of sp³-hybridized carbons (Fsp3) is 0.577. The Hall–Kier alpha value is -2.67. The highest BCUT2D eigenvalue weighted by Crippen LogP contribution is 2.39. The molecule has 0 bridgehead atoms. The minimum atomic E-state index is -0.849. The maximum absolute atomic E-state index is 11.6. The van der Waals surface area contributed by atoms with Crippen molar-refractivity contribution < 1.29 is 19.4 Å². The van der Waals surface area contributed by atoms with Crippen LogP contribution in [0.15, 0.2) is 24.5 Å². The van der Waals surface area contributed by atoms with Crippen molar-refractivity contribution >= 4 is 11.7 Å². The van der Waals surface area contributed by atoms with E-state index >= 15 is 0 Å². The van der Waals surface area contributed by atoms with E-state index in [0.717, 1.165) is 85.8 Å². The molecule has 0 aromatic carbocycles. The number of piperidine rings is 1. The molecule has 2 aromatic heterocycles. The maximum Gasteiger partial charge on any atom is 0.307 e. The topological polar surface area (TPSA) is 84.8 Å². The van der Waals surface area contributed by atoms with Crippen molar-refractivity contribution in [2.24, 2.45) is 5.41 Å². The summed E-state index contributed by atoms with van der Waals surface area (Å²) in [5.41, 5.74) is 4.45. The Balaban J connectivity index is 1.82. The number of aliphatic carboxylic acids is 1. The van der Waals surface area contributed by atoms with Crippen LogP contribution in [0, 0.1) is 12.3 Å². The van der Waals surface area contributed by atoms with Crippen molar-refractivity contribution in [2.45, 2.75) is 59.3 Å². The second-order valence-corrected chi connectivity index (χ2v) is 9.59. The highest BCUT2D eigenvalue weighted by molar-refractivity contribution is 5.83. The summed E-state index contributed by atoms with van der Waals surface area (Å²) in [7, 11) is 1.72. The zero-order chi connectivity index (χ0) is 23.8. The van der Waals surface area contributed by atoms with Crippen molar-refractivity contribution in [1.82, 2.24) is 9.97 Å². The van der Waals surface area contributed by atoms with Crippen LogP contribution in [0.2, 0.25) is 0 Å². The molecule has 3 heterocycles. The Kier molecular flexibility index (Phi) is 8.67. The summed E-state index contributed by atoms with van der Waals surface area (Å²) in [6, 6.07) is 3.87. The van der Waals surface area contributed by atoms with E-state index in [1.807, 2.05) is 25.3 Å². The van der Waals surface area contributed by atoms with Gasteiger partial charge in [-0.05, 0) is 56.6 Å². The third kappa shape index (κ3) is 6.90. The van der Waals surface area contributed by atoms with Crippen molar-refractivity contribution in [2.75, 3.05) is 38.3 Å². The zero-order valence-electron chi connectivity index (χ0n) is 20.4. The molecule has 0 aliphatic carbocycles. The Bertz CT molecular complexity index is 918. The number of unbranched alkanes of at least 4 members (excludes halogenated alkanes) is 2. The molecule has 0 radical (unpaired) electrons. The number of ether oxygens (including phenoxy) is 2. The second kappa shape index (κ2) is 11.5. The zero-order valence-corrected chi connectivity index (χ0v) is 20.4. The first kappa shape index (κ1) is 25.0. The quantitative estimate of drug-likeness (QED) is 0.482. The monoisotopic (exact) mass is 455 g/mol. The van der Waals surface area contributed by atoms with Crippen LogP contribution in [0.25, 0.3) is 11.3 Å². The van der Waals surface area contributed by atoms with Crippen LogP contribution in [-0.2, 0) is 16.0 Å². The summed E-state index contributed by atoms with van der Waals surface area (Å²) in [6.45, 7) is 9.67. The number of aromatic nitrogens is 2. The summed E-state index contributed by atoms with van der Waals surface area (Å²) in [4.78, 5) is 23.1. The van der Waals surface area contributed by atoms with Gasteiger partial charge >= 0.3 is 5.97 Å². The summed E-state index contributed by atoms with van der Waals surface area (Å²) >= 11 is 0. The Morgan fingerprint density at radius 2 is 1.82 bits per heavy atom. The molecule has 7 nitrogen and oxygen atoms in total. The highest BCUT2D eigenvalue weighted by atomic mass is 16.5. The van der Waals surface area contributed by atoms with Crippen LogP contribution < -0.4 is 9.64 Å². The van der Waals surface area contributed by atoms with Gasteiger partial charge in [-0.15, -0.1) is 0 Å². The first-order valence-corrected chi connectivity index (χ1v) is 11.8. The number of nitrogens with zero attached hydrogens (tertiary/aromatic N) is 3. The van der Waals surface area contributed by atoms with Crippen LogP contribution in [0.5, 0.6) is 5.75 Å². The van der Waals surface area contributed by atoms with E-state index < -0.39 is 5.97 Å². The lowest BCUT2D eigenvalue weighted by Gasteiger charge is -2.40. The average Bonchev–Trinajstić information content (AvgIpc) is 2.78. The van der Waals surface area contributed by atoms with E-state index in [1.54, 1.807) is 13.3 Å². The van der Waals surface area contributed by atoms with Crippen LogP contribution in [-0.4, -0.2) is 54.5 Å². The summed E-state index contributed by atoms with van der Waals surface area (Å²) in [6.07, 6.45) is 8.71. The van der Waals surface area contributed by atoms with Gasteiger partial charge in [0.25, 0.3) is 0 Å². The van der Waals surface area contributed by atoms with E-state index in [2.05, 4.69) is 28.7 Å². The SMILES string of the molecule is COCCCCCOc1ccc(-c2cnc(C)c(CC(=O)O)c2N2CCC(C)(C)CC2)nc1. The summed E-state index contributed by atoms with van der Waals surface area (Å²) < 4.78 is 10.9. The van der Waals surface area contributed by atoms with Crippen molar-refractivity contribution in [1.29, 1.82) is 0 Å². The number of carbonyl (C=O) groups is 1. The van der Waals surface area contributed by atoms with Gasteiger partial charge in [0.15, 0.2) is 0 Å². The number of carboxylic acid groups (broad SMARTS) is 1. The van der Waals surface area contributed by atoms with Gasteiger partial charge in [-0.1, -0.05) is 13.8 Å². The Morgan fingerprint density at radius 1 is 1.09 bits per heavy atom.